The van der Waals surface area contributed by atoms with Crippen LogP contribution in [-0.2, 0) is 22.3 Å². The lowest BCUT2D eigenvalue weighted by atomic mass is 9.83. The lowest BCUT2D eigenvalue weighted by Crippen LogP contribution is -2.81. The summed E-state index contributed by atoms with van der Waals surface area (Å²) in [6, 6.07) is 6.82. The second-order valence-corrected chi connectivity index (χ2v) is 9.31. The number of nitrogens with zero attached hydrogens (tertiary/aromatic N) is 4. The van der Waals surface area contributed by atoms with E-state index in [-0.39, 0.29) is 49.2 Å². The second-order valence-electron chi connectivity index (χ2n) is 8.03. The van der Waals surface area contributed by atoms with Crippen molar-refractivity contribution in [2.45, 2.75) is 38.1 Å². The van der Waals surface area contributed by atoms with Crippen LogP contribution < -0.4 is 4.90 Å². The van der Waals surface area contributed by atoms with E-state index in [1.807, 2.05) is 13.8 Å². The van der Waals surface area contributed by atoms with Crippen LogP contribution in [0.2, 0.25) is 5.02 Å². The number of aromatic nitrogens is 1. The van der Waals surface area contributed by atoms with E-state index in [2.05, 4.69) is 4.98 Å². The van der Waals surface area contributed by atoms with Gasteiger partial charge in [-0.3, -0.25) is 9.59 Å². The third-order valence-corrected chi connectivity index (χ3v) is 6.77. The van der Waals surface area contributed by atoms with Crippen LogP contribution in [0.15, 0.2) is 29.6 Å². The fourth-order valence-electron chi connectivity index (χ4n) is 3.92. The Morgan fingerprint density at radius 2 is 1.84 bits per heavy atom. The van der Waals surface area contributed by atoms with Gasteiger partial charge in [-0.15, -0.1) is 11.3 Å². The summed E-state index contributed by atoms with van der Waals surface area (Å²) in [7, 11) is 0. The lowest BCUT2D eigenvalue weighted by Gasteiger charge is -2.58. The molecule has 2 aromatic rings. The van der Waals surface area contributed by atoms with Gasteiger partial charge in [0.05, 0.1) is 13.1 Å². The number of thiazole rings is 1. The van der Waals surface area contributed by atoms with Gasteiger partial charge in [0, 0.05) is 23.0 Å². The van der Waals surface area contributed by atoms with Gasteiger partial charge in [0.15, 0.2) is 16.4 Å². The van der Waals surface area contributed by atoms with Crippen molar-refractivity contribution in [1.29, 1.82) is 0 Å². The first-order chi connectivity index (χ1) is 14.5. The molecule has 1 aromatic carbocycles. The van der Waals surface area contributed by atoms with Gasteiger partial charge in [-0.2, -0.15) is 13.2 Å². The summed E-state index contributed by atoms with van der Waals surface area (Å²) >= 11 is 6.82. The Morgan fingerprint density at radius 3 is 2.39 bits per heavy atom. The molecule has 0 radical (unpaired) electrons. The van der Waals surface area contributed by atoms with Crippen molar-refractivity contribution in [2.75, 3.05) is 24.5 Å². The van der Waals surface area contributed by atoms with Gasteiger partial charge in [0.2, 0.25) is 5.91 Å². The van der Waals surface area contributed by atoms with Gasteiger partial charge in [-0.05, 0) is 31.5 Å². The van der Waals surface area contributed by atoms with Crippen molar-refractivity contribution >= 4 is 39.9 Å². The number of halogens is 4. The minimum absolute atomic E-state index is 0.0265. The summed E-state index contributed by atoms with van der Waals surface area (Å²) in [5, 5.41) is 1.70. The van der Waals surface area contributed by atoms with Crippen molar-refractivity contribution < 1.29 is 22.8 Å². The molecule has 2 saturated heterocycles. The van der Waals surface area contributed by atoms with Gasteiger partial charge in [0.1, 0.15) is 6.54 Å². The van der Waals surface area contributed by atoms with Crippen LogP contribution in [-0.4, -0.2) is 57.8 Å². The van der Waals surface area contributed by atoms with Crippen molar-refractivity contribution in [3.63, 3.8) is 0 Å². The zero-order valence-corrected chi connectivity index (χ0v) is 18.4. The Kier molecular flexibility index (Phi) is 5.41. The largest absolute Gasteiger partial charge is 0.434 e. The van der Waals surface area contributed by atoms with Crippen LogP contribution in [0.4, 0.5) is 18.3 Å². The van der Waals surface area contributed by atoms with Crippen molar-refractivity contribution in [1.82, 2.24) is 14.8 Å². The van der Waals surface area contributed by atoms with E-state index in [0.29, 0.717) is 5.02 Å². The maximum Gasteiger partial charge on any atom is 0.434 e. The van der Waals surface area contributed by atoms with Crippen LogP contribution in [0.5, 0.6) is 0 Å². The number of amides is 2. The molecule has 2 fully saturated rings. The topological polar surface area (TPSA) is 56.8 Å². The third-order valence-electron chi connectivity index (χ3n) is 5.62. The van der Waals surface area contributed by atoms with Gasteiger partial charge < -0.3 is 14.7 Å². The molecule has 0 saturated carbocycles. The molecule has 4 rings (SSSR count). The van der Waals surface area contributed by atoms with Gasteiger partial charge in [-0.1, -0.05) is 23.7 Å². The number of benzene rings is 1. The molecule has 0 unspecified atom stereocenters. The number of piperazine rings is 1. The highest BCUT2D eigenvalue weighted by molar-refractivity contribution is 7.13. The second kappa shape index (κ2) is 7.67. The maximum atomic E-state index is 13.4. The molecule has 166 valence electrons. The van der Waals surface area contributed by atoms with E-state index in [9.17, 15) is 22.8 Å². The lowest BCUT2D eigenvalue weighted by molar-refractivity contribution is -0.170. The Bertz CT molecular complexity index is 1000. The van der Waals surface area contributed by atoms with E-state index in [1.54, 1.807) is 34.1 Å². The van der Waals surface area contributed by atoms with E-state index in [0.717, 1.165) is 22.3 Å². The summed E-state index contributed by atoms with van der Waals surface area (Å²) in [5.74, 6) is -0.391. The minimum Gasteiger partial charge on any atom is -0.342 e. The molecule has 0 aliphatic carbocycles. The fraction of sp³-hybridized carbons (Fsp3) is 0.450. The smallest absolute Gasteiger partial charge is 0.342 e. The number of alkyl halides is 3. The van der Waals surface area contributed by atoms with Crippen LogP contribution in [0, 0.1) is 0 Å². The molecule has 2 amide bonds. The summed E-state index contributed by atoms with van der Waals surface area (Å²) in [5.41, 5.74) is -1.28. The van der Waals surface area contributed by atoms with E-state index >= 15 is 0 Å². The predicted molar refractivity (Wildman–Crippen MR) is 111 cm³/mol. The van der Waals surface area contributed by atoms with E-state index < -0.39 is 17.4 Å². The minimum atomic E-state index is -4.52. The average molecular weight is 473 g/mol. The first-order valence-corrected chi connectivity index (χ1v) is 10.9. The third kappa shape index (κ3) is 3.87. The van der Waals surface area contributed by atoms with Crippen LogP contribution in [0.3, 0.4) is 0 Å². The number of carbonyl (C=O) groups excluding carboxylic acids is 2. The molecular weight excluding hydrogens is 453 g/mol. The van der Waals surface area contributed by atoms with Gasteiger partial charge >= 0.3 is 6.18 Å². The Morgan fingerprint density at radius 1 is 1.19 bits per heavy atom. The van der Waals surface area contributed by atoms with Crippen molar-refractivity contribution in [3.8, 4) is 0 Å². The quantitative estimate of drug-likeness (QED) is 0.681. The monoisotopic (exact) mass is 472 g/mol. The molecule has 0 atom stereocenters. The van der Waals surface area contributed by atoms with Gasteiger partial charge in [-0.25, -0.2) is 4.98 Å². The van der Waals surface area contributed by atoms with E-state index in [4.69, 9.17) is 11.6 Å². The highest BCUT2D eigenvalue weighted by atomic mass is 35.5. The summed E-state index contributed by atoms with van der Waals surface area (Å²) in [6.07, 6.45) is -4.52. The normalized spacial score (nSPS) is 18.9. The van der Waals surface area contributed by atoms with Crippen LogP contribution in [0.1, 0.15) is 25.1 Å². The maximum absolute atomic E-state index is 13.4. The molecule has 6 nitrogen and oxygen atoms in total. The fourth-order valence-corrected chi connectivity index (χ4v) is 4.88. The standard InChI is InChI=1S/C20H20ClF3N4O2S/c1-12(2)27-8-16(29)28(7-13-3-5-14(21)6-4-13)19(17(27)30)10-26(11-19)18-25-15(9-31-18)20(22,23)24/h3-6,9,12H,7-8,10-11H2,1-2H3. The molecule has 11 heteroatoms. The Balaban J connectivity index is 1.62. The van der Waals surface area contributed by atoms with E-state index in [1.165, 1.54) is 4.90 Å². The van der Waals surface area contributed by atoms with Crippen molar-refractivity contribution in [3.05, 3.63) is 45.9 Å². The van der Waals surface area contributed by atoms with Crippen LogP contribution in [0.25, 0.3) is 0 Å². The zero-order valence-electron chi connectivity index (χ0n) is 16.8. The molecule has 1 aromatic heterocycles. The molecule has 31 heavy (non-hydrogen) atoms. The number of anilines is 1. The number of carbonyl (C=O) groups is 2. The molecule has 2 aliphatic heterocycles. The highest BCUT2D eigenvalue weighted by Gasteiger charge is 2.60. The van der Waals surface area contributed by atoms with Crippen LogP contribution >= 0.6 is 22.9 Å². The number of hydrogen-bond donors (Lipinski definition) is 0. The predicted octanol–water partition coefficient (Wildman–Crippen LogP) is 3.65. The zero-order chi connectivity index (χ0) is 22.6. The first-order valence-electron chi connectivity index (χ1n) is 9.65. The Labute approximate surface area is 186 Å². The number of rotatable bonds is 4. The SMILES string of the molecule is CC(C)N1CC(=O)N(Cc2ccc(Cl)cc2)C2(CN(c3nc(C(F)(F)F)cs3)C2)C1=O. The van der Waals surface area contributed by atoms with Crippen molar-refractivity contribution in [2.24, 2.45) is 0 Å². The molecule has 0 bridgehead atoms. The molecule has 3 heterocycles. The summed E-state index contributed by atoms with van der Waals surface area (Å²) in [4.78, 5) is 34.8. The average Bonchev–Trinajstić information content (AvgIpc) is 3.15. The van der Waals surface area contributed by atoms with Gasteiger partial charge in [0.25, 0.3) is 5.91 Å². The summed E-state index contributed by atoms with van der Waals surface area (Å²) < 4.78 is 38.8. The first kappa shape index (κ1) is 21.9. The molecule has 0 N–H and O–H groups in total. The molecular formula is C20H20ClF3N4O2S. The Hall–Kier alpha value is -2.33. The molecule has 2 aliphatic rings. The number of hydrogen-bond acceptors (Lipinski definition) is 5. The summed E-state index contributed by atoms with van der Waals surface area (Å²) in [6.45, 7) is 4.05. The highest BCUT2D eigenvalue weighted by Crippen LogP contribution is 2.41. The molecule has 1 spiro atoms.